The highest BCUT2D eigenvalue weighted by Crippen LogP contribution is 2.20. The lowest BCUT2D eigenvalue weighted by molar-refractivity contribution is -0.384. The van der Waals surface area contributed by atoms with Crippen LogP contribution in [0, 0.1) is 10.1 Å². The van der Waals surface area contributed by atoms with Gasteiger partial charge in [-0.3, -0.25) is 14.7 Å². The van der Waals surface area contributed by atoms with Crippen molar-refractivity contribution in [2.75, 3.05) is 0 Å². The van der Waals surface area contributed by atoms with Crippen molar-refractivity contribution in [1.82, 2.24) is 4.57 Å². The van der Waals surface area contributed by atoms with E-state index in [4.69, 9.17) is 4.42 Å². The minimum atomic E-state index is -1.29. The number of fused-ring (bicyclic) bond motifs is 1. The number of aliphatic carboxylic acids is 1. The number of nitro groups is 1. The molecule has 0 saturated carbocycles. The second kappa shape index (κ2) is 4.32. The van der Waals surface area contributed by atoms with Crippen molar-refractivity contribution >= 4 is 22.8 Å². The normalized spacial score (nSPS) is 10.7. The minimum Gasteiger partial charge on any atom is -0.550 e. The Hall–Kier alpha value is -2.64. The number of carbonyl (C=O) groups is 1. The average Bonchev–Trinajstić information content (AvgIpc) is 2.60. The summed E-state index contributed by atoms with van der Waals surface area (Å²) in [5.74, 6) is -2.05. The largest absolute Gasteiger partial charge is 0.550 e. The van der Waals surface area contributed by atoms with Gasteiger partial charge in [-0.25, -0.2) is 4.79 Å². The van der Waals surface area contributed by atoms with Crippen molar-refractivity contribution < 1.29 is 19.2 Å². The number of non-ortho nitro benzene ring substituents is 1. The van der Waals surface area contributed by atoms with Gasteiger partial charge in [-0.1, -0.05) is 0 Å². The lowest BCUT2D eigenvalue weighted by Gasteiger charge is -2.02. The van der Waals surface area contributed by atoms with E-state index >= 15 is 0 Å². The van der Waals surface area contributed by atoms with E-state index in [1.54, 1.807) is 0 Å². The first kappa shape index (κ1) is 11.8. The van der Waals surface area contributed by atoms with E-state index < -0.39 is 16.6 Å². The molecule has 94 valence electrons. The molecule has 2 aromatic rings. The zero-order valence-electron chi connectivity index (χ0n) is 8.99. The molecule has 2 rings (SSSR count). The number of benzene rings is 1. The van der Waals surface area contributed by atoms with Gasteiger partial charge >= 0.3 is 5.76 Å². The van der Waals surface area contributed by atoms with Gasteiger partial charge in [0.1, 0.15) is 0 Å². The third kappa shape index (κ3) is 2.08. The maximum absolute atomic E-state index is 11.4. The average molecular weight is 251 g/mol. The molecule has 1 aromatic carbocycles. The van der Waals surface area contributed by atoms with Gasteiger partial charge < -0.3 is 14.3 Å². The smallest absolute Gasteiger partial charge is 0.419 e. The molecule has 0 unspecified atom stereocenters. The molecular weight excluding hydrogens is 244 g/mol. The summed E-state index contributed by atoms with van der Waals surface area (Å²) in [5.41, 5.74) is 0.155. The Balaban J connectivity index is 2.49. The monoisotopic (exact) mass is 251 g/mol. The van der Waals surface area contributed by atoms with Crippen molar-refractivity contribution in [3.63, 3.8) is 0 Å². The summed E-state index contributed by atoms with van der Waals surface area (Å²) in [6.07, 6.45) is -0.342. The number of nitro benzene ring substituents is 1. The molecule has 0 fully saturated rings. The van der Waals surface area contributed by atoms with Crippen molar-refractivity contribution in [2.24, 2.45) is 0 Å². The maximum atomic E-state index is 11.4. The number of aryl methyl sites for hydroxylation is 1. The van der Waals surface area contributed by atoms with Gasteiger partial charge in [0.05, 0.1) is 16.5 Å². The number of hydrogen-bond donors (Lipinski definition) is 0. The van der Waals surface area contributed by atoms with Crippen LogP contribution in [-0.2, 0) is 11.3 Å². The van der Waals surface area contributed by atoms with Crippen LogP contribution in [0.15, 0.2) is 27.4 Å². The van der Waals surface area contributed by atoms with Gasteiger partial charge in [-0.05, 0) is 6.07 Å². The lowest BCUT2D eigenvalue weighted by atomic mass is 10.3. The quantitative estimate of drug-likeness (QED) is 0.540. The van der Waals surface area contributed by atoms with Crippen molar-refractivity contribution in [3.8, 4) is 0 Å². The fourth-order valence-electron chi connectivity index (χ4n) is 1.58. The van der Waals surface area contributed by atoms with Crippen LogP contribution in [0.2, 0.25) is 0 Å². The lowest BCUT2D eigenvalue weighted by Crippen LogP contribution is -2.25. The summed E-state index contributed by atoms with van der Waals surface area (Å²) in [5, 5.41) is 20.9. The summed E-state index contributed by atoms with van der Waals surface area (Å²) in [7, 11) is 0. The molecule has 0 bridgehead atoms. The molecule has 18 heavy (non-hydrogen) atoms. The van der Waals surface area contributed by atoms with Gasteiger partial charge in [0.25, 0.3) is 5.69 Å². The van der Waals surface area contributed by atoms with Gasteiger partial charge in [0.2, 0.25) is 0 Å². The van der Waals surface area contributed by atoms with Gasteiger partial charge in [-0.2, -0.15) is 0 Å². The maximum Gasteiger partial charge on any atom is 0.419 e. The zero-order chi connectivity index (χ0) is 13.3. The van der Waals surface area contributed by atoms with E-state index in [1.165, 1.54) is 12.1 Å². The Labute approximate surface area is 99.2 Å². The molecule has 0 aliphatic rings. The first-order valence-electron chi connectivity index (χ1n) is 4.96. The number of nitrogens with zero attached hydrogens (tertiary/aromatic N) is 2. The topological polar surface area (TPSA) is 118 Å². The van der Waals surface area contributed by atoms with E-state index in [0.717, 1.165) is 10.6 Å². The van der Waals surface area contributed by atoms with Crippen molar-refractivity contribution in [2.45, 2.75) is 13.0 Å². The fourth-order valence-corrected chi connectivity index (χ4v) is 1.58. The summed E-state index contributed by atoms with van der Waals surface area (Å²) >= 11 is 0. The predicted octanol–water partition coefficient (Wildman–Crippen LogP) is -0.357. The van der Waals surface area contributed by atoms with E-state index in [0.29, 0.717) is 5.52 Å². The predicted molar refractivity (Wildman–Crippen MR) is 56.8 cm³/mol. The molecule has 8 heteroatoms. The Morgan fingerprint density at radius 1 is 1.44 bits per heavy atom. The number of hydrogen-bond acceptors (Lipinski definition) is 6. The number of aromatic nitrogens is 1. The molecule has 0 aliphatic carbocycles. The van der Waals surface area contributed by atoms with Crippen LogP contribution in [0.4, 0.5) is 5.69 Å². The van der Waals surface area contributed by atoms with Crippen LogP contribution >= 0.6 is 0 Å². The number of rotatable bonds is 4. The Bertz CT molecular complexity index is 683. The SMILES string of the molecule is O=C([O-])CCn1c(=O)oc2cc([N+](=O)[O-])ccc21. The van der Waals surface area contributed by atoms with Gasteiger partial charge in [0.15, 0.2) is 5.58 Å². The molecule has 0 amide bonds. The molecule has 1 aromatic heterocycles. The highest BCUT2D eigenvalue weighted by Gasteiger charge is 2.13. The second-order valence-corrected chi connectivity index (χ2v) is 3.55. The minimum absolute atomic E-state index is 0.0487. The molecule has 0 spiro atoms. The van der Waals surface area contributed by atoms with Gasteiger partial charge in [0, 0.05) is 25.0 Å². The van der Waals surface area contributed by atoms with Crippen LogP contribution in [-0.4, -0.2) is 15.5 Å². The molecule has 0 radical (unpaired) electrons. The molecule has 0 N–H and O–H groups in total. The Kier molecular flexibility index (Phi) is 2.84. The van der Waals surface area contributed by atoms with Gasteiger partial charge in [-0.15, -0.1) is 0 Å². The van der Waals surface area contributed by atoms with E-state index in [2.05, 4.69) is 0 Å². The molecule has 0 saturated heterocycles. The van der Waals surface area contributed by atoms with Crippen LogP contribution in [0.25, 0.3) is 11.1 Å². The van der Waals surface area contributed by atoms with Crippen molar-refractivity contribution in [1.29, 1.82) is 0 Å². The first-order chi connectivity index (χ1) is 8.49. The van der Waals surface area contributed by atoms with Crippen molar-refractivity contribution in [3.05, 3.63) is 38.9 Å². The van der Waals surface area contributed by atoms with Crippen LogP contribution in [0.1, 0.15) is 6.42 Å². The molecular formula is C10H7N2O6-. The number of oxazole rings is 1. The second-order valence-electron chi connectivity index (χ2n) is 3.55. The fraction of sp³-hybridized carbons (Fsp3) is 0.200. The molecule has 8 nitrogen and oxygen atoms in total. The van der Waals surface area contributed by atoms with E-state index in [9.17, 15) is 24.8 Å². The third-order valence-corrected chi connectivity index (χ3v) is 2.40. The van der Waals surface area contributed by atoms with Crippen LogP contribution in [0.5, 0.6) is 0 Å². The molecule has 0 aliphatic heterocycles. The summed E-state index contributed by atoms with van der Waals surface area (Å²) in [6, 6.07) is 3.67. The zero-order valence-corrected chi connectivity index (χ0v) is 8.99. The Morgan fingerprint density at radius 2 is 2.17 bits per heavy atom. The number of carbonyl (C=O) groups excluding carboxylic acids is 1. The summed E-state index contributed by atoms with van der Waals surface area (Å²) in [4.78, 5) is 31.7. The molecule has 1 heterocycles. The summed E-state index contributed by atoms with van der Waals surface area (Å²) in [6.45, 7) is -0.105. The highest BCUT2D eigenvalue weighted by atomic mass is 16.6. The standard InChI is InChI=1S/C10H8N2O6/c13-9(14)3-4-11-7-2-1-6(12(16)17)5-8(7)18-10(11)15/h1-2,5H,3-4H2,(H,13,14)/p-1. The van der Waals surface area contributed by atoms with E-state index in [-0.39, 0.29) is 24.2 Å². The molecule has 0 atom stereocenters. The number of carboxylic acid groups (broad SMARTS) is 1. The summed E-state index contributed by atoms with van der Waals surface area (Å²) < 4.78 is 5.90. The van der Waals surface area contributed by atoms with E-state index in [1.807, 2.05) is 0 Å². The highest BCUT2D eigenvalue weighted by molar-refractivity contribution is 5.76. The Morgan fingerprint density at radius 3 is 2.78 bits per heavy atom. The van der Waals surface area contributed by atoms with Crippen LogP contribution < -0.4 is 10.9 Å². The first-order valence-corrected chi connectivity index (χ1v) is 4.96. The third-order valence-electron chi connectivity index (χ3n) is 2.40. The number of carboxylic acids is 1. The van der Waals surface area contributed by atoms with Crippen LogP contribution in [0.3, 0.4) is 0 Å².